The van der Waals surface area contributed by atoms with Crippen molar-refractivity contribution in [2.24, 2.45) is 0 Å². The first-order valence-electron chi connectivity index (χ1n) is 12.8. The molecule has 0 bridgehead atoms. The van der Waals surface area contributed by atoms with Crippen LogP contribution in [0.2, 0.25) is 5.02 Å². The summed E-state index contributed by atoms with van der Waals surface area (Å²) in [7, 11) is -2.45. The summed E-state index contributed by atoms with van der Waals surface area (Å²) in [6.07, 6.45) is 5.68. The van der Waals surface area contributed by atoms with Gasteiger partial charge in [-0.2, -0.15) is 4.98 Å². The highest BCUT2D eigenvalue weighted by atomic mass is 35.5. The molecule has 1 aliphatic carbocycles. The van der Waals surface area contributed by atoms with Gasteiger partial charge in [0, 0.05) is 23.2 Å². The molecule has 2 aromatic heterocycles. The van der Waals surface area contributed by atoms with Crippen LogP contribution < -0.4 is 14.8 Å². The maximum atomic E-state index is 12.9. The lowest BCUT2D eigenvalue weighted by Gasteiger charge is -2.26. The molecule has 0 aliphatic heterocycles. The normalized spacial score (nSPS) is 17.6. The van der Waals surface area contributed by atoms with Crippen LogP contribution >= 0.6 is 11.6 Å². The summed E-state index contributed by atoms with van der Waals surface area (Å²) in [5.74, 6) is 0.969. The standard InChI is InChI=1S/C28H30ClN5O4S/c1-3-17-14-18(15-19-16-30-28(33-26(17)19)31-20-8-10-21(35)11-9-20)22-12-13-25(32-27(22)38-2)34-39(36,37)24-7-5-4-6-23(24)29/h4-7,12-16,20-21,35H,3,8-11H2,1-2H3,(H,32,34)(H,30,31,33). The Morgan fingerprint density at radius 1 is 1.08 bits per heavy atom. The van der Waals surface area contributed by atoms with E-state index in [0.717, 1.165) is 54.1 Å². The first-order valence-corrected chi connectivity index (χ1v) is 14.7. The van der Waals surface area contributed by atoms with Crippen molar-refractivity contribution in [3.63, 3.8) is 0 Å². The van der Waals surface area contributed by atoms with Gasteiger partial charge in [-0.15, -0.1) is 0 Å². The second-order valence-electron chi connectivity index (χ2n) is 9.56. The van der Waals surface area contributed by atoms with Crippen LogP contribution in [-0.2, 0) is 16.4 Å². The SMILES string of the molecule is CCc1cc(-c2ccc(NS(=O)(=O)c3ccccc3Cl)nc2OC)cc2cnc(NC3CCC(O)CC3)nc12. The van der Waals surface area contributed by atoms with E-state index in [1.807, 2.05) is 12.1 Å². The van der Waals surface area contributed by atoms with Crippen LogP contribution in [-0.4, -0.2) is 47.7 Å². The Hall–Kier alpha value is -3.47. The minimum absolute atomic E-state index is 0.0337. The number of benzene rings is 2. The van der Waals surface area contributed by atoms with Crippen molar-refractivity contribution in [1.82, 2.24) is 15.0 Å². The summed E-state index contributed by atoms with van der Waals surface area (Å²) in [6, 6.07) is 13.8. The molecule has 0 saturated heterocycles. The van der Waals surface area contributed by atoms with Gasteiger partial charge < -0.3 is 15.2 Å². The molecule has 1 fully saturated rings. The van der Waals surface area contributed by atoms with Gasteiger partial charge in [0.1, 0.15) is 10.7 Å². The molecule has 4 aromatic rings. The average molecular weight is 568 g/mol. The predicted octanol–water partition coefficient (Wildman–Crippen LogP) is 5.43. The average Bonchev–Trinajstić information content (AvgIpc) is 2.93. The van der Waals surface area contributed by atoms with Gasteiger partial charge >= 0.3 is 0 Å². The minimum Gasteiger partial charge on any atom is -0.480 e. The molecule has 1 saturated carbocycles. The molecule has 11 heteroatoms. The van der Waals surface area contributed by atoms with Crippen molar-refractivity contribution in [2.75, 3.05) is 17.1 Å². The maximum absolute atomic E-state index is 12.9. The Kier molecular flexibility index (Phi) is 7.88. The molecule has 5 rings (SSSR count). The molecule has 3 N–H and O–H groups in total. The van der Waals surface area contributed by atoms with Gasteiger partial charge in [-0.1, -0.05) is 30.7 Å². The molecule has 0 spiro atoms. The van der Waals surface area contributed by atoms with Crippen LogP contribution in [0.5, 0.6) is 5.88 Å². The van der Waals surface area contributed by atoms with E-state index in [4.69, 9.17) is 21.3 Å². The fraction of sp³-hybridized carbons (Fsp3) is 0.321. The van der Waals surface area contributed by atoms with E-state index in [2.05, 4.69) is 26.9 Å². The number of hydrogen-bond donors (Lipinski definition) is 3. The fourth-order valence-electron chi connectivity index (χ4n) is 4.84. The number of pyridine rings is 1. The van der Waals surface area contributed by atoms with E-state index in [0.29, 0.717) is 11.5 Å². The molecule has 1 aliphatic rings. The molecular weight excluding hydrogens is 538 g/mol. The second-order valence-corrected chi connectivity index (χ2v) is 11.6. The highest BCUT2D eigenvalue weighted by Gasteiger charge is 2.21. The number of aliphatic hydroxyl groups excluding tert-OH is 1. The van der Waals surface area contributed by atoms with Crippen LogP contribution in [0.3, 0.4) is 0 Å². The van der Waals surface area contributed by atoms with E-state index in [-0.39, 0.29) is 33.8 Å². The predicted molar refractivity (Wildman–Crippen MR) is 153 cm³/mol. The summed E-state index contributed by atoms with van der Waals surface area (Å²) in [5.41, 5.74) is 3.47. The number of aryl methyl sites for hydroxylation is 1. The highest BCUT2D eigenvalue weighted by Crippen LogP contribution is 2.34. The number of methoxy groups -OCH3 is 1. The summed E-state index contributed by atoms with van der Waals surface area (Å²) in [6.45, 7) is 2.07. The van der Waals surface area contributed by atoms with Crippen LogP contribution in [0, 0.1) is 0 Å². The monoisotopic (exact) mass is 567 g/mol. The molecule has 0 radical (unpaired) electrons. The lowest BCUT2D eigenvalue weighted by atomic mass is 9.93. The van der Waals surface area contributed by atoms with Gasteiger partial charge in [0.05, 0.1) is 23.8 Å². The quantitative estimate of drug-likeness (QED) is 0.257. The number of aromatic nitrogens is 3. The van der Waals surface area contributed by atoms with Crippen LogP contribution in [0.4, 0.5) is 11.8 Å². The molecule has 9 nitrogen and oxygen atoms in total. The van der Waals surface area contributed by atoms with Gasteiger partial charge in [-0.25, -0.2) is 18.4 Å². The first-order chi connectivity index (χ1) is 18.8. The third kappa shape index (κ3) is 5.93. The largest absolute Gasteiger partial charge is 0.480 e. The Morgan fingerprint density at radius 3 is 2.56 bits per heavy atom. The van der Waals surface area contributed by atoms with E-state index in [1.165, 1.54) is 19.2 Å². The van der Waals surface area contributed by atoms with Gasteiger partial charge in [0.15, 0.2) is 0 Å². The molecule has 39 heavy (non-hydrogen) atoms. The number of halogens is 1. The number of ether oxygens (including phenoxy) is 1. The van der Waals surface area contributed by atoms with E-state index in [9.17, 15) is 13.5 Å². The zero-order valence-electron chi connectivity index (χ0n) is 21.7. The molecule has 0 atom stereocenters. The van der Waals surface area contributed by atoms with Crippen molar-refractivity contribution in [2.45, 2.75) is 56.1 Å². The molecule has 0 unspecified atom stereocenters. The van der Waals surface area contributed by atoms with Gasteiger partial charge in [-0.05, 0) is 79.6 Å². The first kappa shape index (κ1) is 27.1. The summed E-state index contributed by atoms with van der Waals surface area (Å²) < 4.78 is 33.8. The van der Waals surface area contributed by atoms with Crippen molar-refractivity contribution < 1.29 is 18.3 Å². The van der Waals surface area contributed by atoms with Gasteiger partial charge in [-0.3, -0.25) is 4.72 Å². The minimum atomic E-state index is -3.94. The summed E-state index contributed by atoms with van der Waals surface area (Å²) in [4.78, 5) is 13.7. The van der Waals surface area contributed by atoms with Crippen LogP contribution in [0.1, 0.15) is 38.2 Å². The number of hydrogen-bond acceptors (Lipinski definition) is 8. The number of rotatable bonds is 8. The zero-order valence-corrected chi connectivity index (χ0v) is 23.3. The van der Waals surface area contributed by atoms with E-state index >= 15 is 0 Å². The lowest BCUT2D eigenvalue weighted by molar-refractivity contribution is 0.126. The number of nitrogens with one attached hydrogen (secondary N) is 2. The number of anilines is 2. The zero-order chi connectivity index (χ0) is 27.6. The fourth-order valence-corrected chi connectivity index (χ4v) is 6.37. The van der Waals surface area contributed by atoms with Crippen molar-refractivity contribution in [1.29, 1.82) is 0 Å². The van der Waals surface area contributed by atoms with Crippen LogP contribution in [0.15, 0.2) is 59.6 Å². The smallest absolute Gasteiger partial charge is 0.264 e. The van der Waals surface area contributed by atoms with Crippen molar-refractivity contribution >= 4 is 44.3 Å². The molecule has 2 aromatic carbocycles. The number of sulfonamides is 1. The van der Waals surface area contributed by atoms with Crippen molar-refractivity contribution in [3.05, 3.63) is 65.3 Å². The number of nitrogens with zero attached hydrogens (tertiary/aromatic N) is 3. The van der Waals surface area contributed by atoms with Gasteiger partial charge in [0.25, 0.3) is 10.0 Å². The number of fused-ring (bicyclic) bond motifs is 1. The Morgan fingerprint density at radius 2 is 1.85 bits per heavy atom. The highest BCUT2D eigenvalue weighted by molar-refractivity contribution is 7.92. The van der Waals surface area contributed by atoms with Gasteiger partial charge in [0.2, 0.25) is 11.8 Å². The topological polar surface area (TPSA) is 126 Å². The lowest BCUT2D eigenvalue weighted by Crippen LogP contribution is -2.28. The molecule has 204 valence electrons. The van der Waals surface area contributed by atoms with E-state index in [1.54, 1.807) is 30.5 Å². The Balaban J connectivity index is 1.44. The van der Waals surface area contributed by atoms with Crippen molar-refractivity contribution in [3.8, 4) is 17.0 Å². The molecule has 0 amide bonds. The Bertz CT molecular complexity index is 1610. The number of aliphatic hydroxyl groups is 1. The summed E-state index contributed by atoms with van der Waals surface area (Å²) >= 11 is 6.09. The molecule has 2 heterocycles. The second kappa shape index (κ2) is 11.3. The summed E-state index contributed by atoms with van der Waals surface area (Å²) in [5, 5.41) is 14.2. The third-order valence-electron chi connectivity index (χ3n) is 6.90. The van der Waals surface area contributed by atoms with Crippen LogP contribution in [0.25, 0.3) is 22.0 Å². The maximum Gasteiger partial charge on any atom is 0.264 e. The van der Waals surface area contributed by atoms with E-state index < -0.39 is 10.0 Å². The third-order valence-corrected chi connectivity index (χ3v) is 8.76. The Labute approximate surface area is 232 Å². The molecular formula is C28H30ClN5O4S.